The first-order valence-electron chi connectivity index (χ1n) is 49.1. The average molecular weight is 1730 g/mol. The van der Waals surface area contributed by atoms with E-state index in [9.17, 15) is 47.9 Å². The summed E-state index contributed by atoms with van der Waals surface area (Å²) in [6, 6.07) is 0. The van der Waals surface area contributed by atoms with Gasteiger partial charge in [0.1, 0.15) is 33.6 Å². The van der Waals surface area contributed by atoms with Crippen LogP contribution >= 0.6 is 0 Å². The van der Waals surface area contributed by atoms with E-state index < -0.39 is 84.4 Å². The second-order valence-electron chi connectivity index (χ2n) is 39.5. The Morgan fingerprint density at radius 3 is 0.902 bits per heavy atom. The van der Waals surface area contributed by atoms with Gasteiger partial charge in [0.05, 0.1) is 32.5 Å². The summed E-state index contributed by atoms with van der Waals surface area (Å²) in [4.78, 5) is 122. The number of carbonyl (C=O) groups excluding carboxylic acids is 10. The summed E-state index contributed by atoms with van der Waals surface area (Å²) in [6.07, 6.45) is 36.9. The van der Waals surface area contributed by atoms with Gasteiger partial charge in [0.25, 0.3) is 0 Å². The van der Waals surface area contributed by atoms with Crippen molar-refractivity contribution in [3.63, 3.8) is 0 Å². The number of ether oxygens (including phenoxy) is 10. The fraction of sp³-hybridized carbons (Fsp3) is 0.902. The van der Waals surface area contributed by atoms with E-state index in [1.807, 2.05) is 201 Å². The topological polar surface area (TPSA) is 263 Å². The third-order valence-electron chi connectivity index (χ3n) is 27.8. The minimum atomic E-state index is -0.559. The molecule has 0 amide bonds. The minimum absolute atomic E-state index is 0.00109. The van der Waals surface area contributed by atoms with Crippen molar-refractivity contribution < 1.29 is 95.3 Å². The summed E-state index contributed by atoms with van der Waals surface area (Å²) in [7, 11) is 0. The molecule has 716 valence electrons. The first-order chi connectivity index (χ1) is 57.0. The summed E-state index contributed by atoms with van der Waals surface area (Å²) in [5.74, 6) is -0.581. The van der Waals surface area contributed by atoms with Crippen molar-refractivity contribution in [2.75, 3.05) is 26.4 Å². The van der Waals surface area contributed by atoms with Gasteiger partial charge in [-0.15, -0.1) is 0 Å². The lowest BCUT2D eigenvalue weighted by Crippen LogP contribution is -2.61. The molecule has 122 heavy (non-hydrogen) atoms. The zero-order chi connectivity index (χ0) is 94.6. The summed E-state index contributed by atoms with van der Waals surface area (Å²) >= 11 is 0. The van der Waals surface area contributed by atoms with Gasteiger partial charge in [-0.05, 0) is 307 Å². The summed E-state index contributed by atoms with van der Waals surface area (Å²) in [5.41, 5.74) is -5.62. The minimum Gasteiger partial charge on any atom is -0.459 e. The normalized spacial score (nSPS) is 21.2. The van der Waals surface area contributed by atoms with E-state index in [0.29, 0.717) is 67.6 Å². The fourth-order valence-corrected chi connectivity index (χ4v) is 17.4. The van der Waals surface area contributed by atoms with Gasteiger partial charge < -0.3 is 47.4 Å². The molecule has 20 nitrogen and oxygen atoms in total. The van der Waals surface area contributed by atoms with Crippen molar-refractivity contribution in [2.45, 2.75) is 500 Å². The van der Waals surface area contributed by atoms with Crippen LogP contribution in [0.2, 0.25) is 0 Å². The zero-order valence-corrected chi connectivity index (χ0v) is 84.9. The maximum Gasteiger partial charge on any atom is 0.344 e. The van der Waals surface area contributed by atoms with Crippen LogP contribution in [-0.4, -0.2) is 120 Å². The Morgan fingerprint density at radius 1 is 0.303 bits per heavy atom. The van der Waals surface area contributed by atoms with Crippen LogP contribution in [0, 0.1) is 68.0 Å². The van der Waals surface area contributed by atoms with E-state index in [1.54, 1.807) is 13.8 Å². The van der Waals surface area contributed by atoms with Crippen molar-refractivity contribution in [1.29, 1.82) is 0 Å². The molecule has 3 unspecified atom stereocenters. The van der Waals surface area contributed by atoms with Crippen LogP contribution in [-0.2, 0) is 95.3 Å². The standard InChI is InChI=1S/C24H38O4.C19H34O4.C18H32O4.C17H30O4.C14H24O4.5C2H6/c1-5-21(2,3)19(25)28-24-14-17-11-18(15-24)13-23(12-17,16-24)20(26)27-22(4)9-7-6-8-10-22;1-6-18(4,5)17(21)22-14-16(20)23-19(7-2,8-3)15-12-10-9-11-13-15;1-6-17(3,4)16(20)21-13-15(19)22-18(5,7-2)14-11-9-8-10-12-14;1-6-16(2,3)15(19)20-12-14(18)21-17(4,5)13-10-8-7-9-11-13;1-6-13(2,3)12(16)17-9-11(15)18-14(4,5)10-7-8-10;5*1-2/h17-18H,5-16H2,1-4H3;15H,6-14H2,1-5H3;14H,6-13H2,1-5H3;13H,6-12H2,1-5H3;10H,6-9H2,1-5H3;5*1-2H3. The molecule has 9 saturated carbocycles. The first kappa shape index (κ1) is 119. The molecule has 9 aliphatic carbocycles. The molecule has 0 aromatic rings. The lowest BCUT2D eigenvalue weighted by Gasteiger charge is -2.60. The molecule has 0 aliphatic heterocycles. The SMILES string of the molecule is CC.CC.CC.CC.CC.CCC(C)(C)C(=O)OC12CC3CC(C1)CC(C(=O)OC1(C)CCCCC1)(C3)C2.CCC(C)(C)C(=O)OCC(=O)OC(C)(C)C1CC1.CCC(C)(C)C(=O)OCC(=O)OC(C)(C)C1CCCCC1.CCC(C)(C)C(=O)OCC(=O)OC(C)(CC)C1CCCCC1.CCC(C)(C)C(=O)OCC(=O)OC(CC)(CC)C1CCCCC1. The number of carbonyl (C=O) groups is 10. The molecule has 9 aliphatic rings. The Kier molecular flexibility index (Phi) is 54.6. The van der Waals surface area contributed by atoms with Crippen LogP contribution < -0.4 is 0 Å². The molecule has 0 aromatic heterocycles. The van der Waals surface area contributed by atoms with E-state index in [4.69, 9.17) is 47.4 Å². The van der Waals surface area contributed by atoms with Gasteiger partial charge >= 0.3 is 59.7 Å². The van der Waals surface area contributed by atoms with Crippen LogP contribution in [0.25, 0.3) is 0 Å². The summed E-state index contributed by atoms with van der Waals surface area (Å²) in [6.45, 7) is 65.1. The molecule has 0 aromatic carbocycles. The maximum absolute atomic E-state index is 13.5. The molecule has 0 N–H and O–H groups in total. The van der Waals surface area contributed by atoms with Gasteiger partial charge in [-0.25, -0.2) is 19.2 Å². The van der Waals surface area contributed by atoms with Gasteiger partial charge in [0.15, 0.2) is 26.4 Å². The highest BCUT2D eigenvalue weighted by atomic mass is 16.6. The highest BCUT2D eigenvalue weighted by molar-refractivity contribution is 5.83. The summed E-state index contributed by atoms with van der Waals surface area (Å²) < 4.78 is 55.3. The zero-order valence-electron chi connectivity index (χ0n) is 84.9. The van der Waals surface area contributed by atoms with Crippen molar-refractivity contribution in [2.24, 2.45) is 68.0 Å². The van der Waals surface area contributed by atoms with Crippen molar-refractivity contribution in [3.05, 3.63) is 0 Å². The highest BCUT2D eigenvalue weighted by Crippen LogP contribution is 2.64. The molecule has 0 spiro atoms. The van der Waals surface area contributed by atoms with E-state index in [1.165, 1.54) is 70.6 Å². The van der Waals surface area contributed by atoms with Gasteiger partial charge in [-0.1, -0.05) is 189 Å². The number of esters is 10. The average Bonchev–Trinajstić information content (AvgIpc) is 1.00. The lowest BCUT2D eigenvalue weighted by molar-refractivity contribution is -0.224. The number of rotatable bonds is 32. The largest absolute Gasteiger partial charge is 0.459 e. The molecule has 0 saturated heterocycles. The molecule has 4 bridgehead atoms. The smallest absolute Gasteiger partial charge is 0.344 e. The molecule has 3 atom stereocenters. The van der Waals surface area contributed by atoms with Crippen LogP contribution in [0.1, 0.15) is 467 Å². The van der Waals surface area contributed by atoms with E-state index in [-0.39, 0.29) is 67.8 Å². The van der Waals surface area contributed by atoms with Gasteiger partial charge in [-0.2, -0.15) is 0 Å². The first-order valence-corrected chi connectivity index (χ1v) is 49.1. The van der Waals surface area contributed by atoms with Crippen molar-refractivity contribution >= 4 is 59.7 Å². The van der Waals surface area contributed by atoms with Gasteiger partial charge in [-0.3, -0.25) is 28.8 Å². The third-order valence-corrected chi connectivity index (χ3v) is 27.8. The monoisotopic (exact) mass is 1730 g/mol. The predicted molar refractivity (Wildman–Crippen MR) is 491 cm³/mol. The van der Waals surface area contributed by atoms with Crippen LogP contribution in [0.3, 0.4) is 0 Å². The second-order valence-corrected chi connectivity index (χ2v) is 39.5. The highest BCUT2D eigenvalue weighted by Gasteiger charge is 2.64. The molecule has 9 rings (SSSR count). The summed E-state index contributed by atoms with van der Waals surface area (Å²) in [5, 5.41) is 0. The Balaban J connectivity index is 0. The van der Waals surface area contributed by atoms with Crippen LogP contribution in [0.4, 0.5) is 0 Å². The van der Waals surface area contributed by atoms with Gasteiger partial charge in [0.2, 0.25) is 0 Å². The molecular weight excluding hydrogens is 1550 g/mol. The Labute approximate surface area is 745 Å². The van der Waals surface area contributed by atoms with Crippen LogP contribution in [0.5, 0.6) is 0 Å². The third kappa shape index (κ3) is 38.7. The predicted octanol–water partition coefficient (Wildman–Crippen LogP) is 26.2. The number of hydrogen-bond acceptors (Lipinski definition) is 20. The van der Waals surface area contributed by atoms with Crippen molar-refractivity contribution in [1.82, 2.24) is 0 Å². The van der Waals surface area contributed by atoms with E-state index in [0.717, 1.165) is 128 Å². The van der Waals surface area contributed by atoms with Crippen molar-refractivity contribution in [3.8, 4) is 0 Å². The lowest BCUT2D eigenvalue weighted by atomic mass is 9.47. The Morgan fingerprint density at radius 2 is 0.590 bits per heavy atom. The van der Waals surface area contributed by atoms with Crippen LogP contribution in [0.15, 0.2) is 0 Å². The molecular formula is C102H188O20. The van der Waals surface area contributed by atoms with E-state index >= 15 is 0 Å². The molecule has 20 heteroatoms. The fourth-order valence-electron chi connectivity index (χ4n) is 17.4. The Hall–Kier alpha value is -5.30. The molecule has 9 fully saturated rings. The molecule has 0 heterocycles. The number of hydrogen-bond donors (Lipinski definition) is 0. The second kappa shape index (κ2) is 56.1. The maximum atomic E-state index is 13.5. The quantitative estimate of drug-likeness (QED) is 0.0447. The molecule has 0 radical (unpaired) electrons. The van der Waals surface area contributed by atoms with E-state index in [2.05, 4.69) is 20.8 Å². The Bertz CT molecular complexity index is 3010. The van der Waals surface area contributed by atoms with Gasteiger partial charge in [0, 0.05) is 6.42 Å².